The van der Waals surface area contributed by atoms with E-state index >= 15 is 0 Å². The molecule has 0 aromatic heterocycles. The number of rotatable bonds is 5. The van der Waals surface area contributed by atoms with Crippen LogP contribution in [0.15, 0.2) is 48.5 Å². The molecule has 19 heavy (non-hydrogen) atoms. The Morgan fingerprint density at radius 3 is 2.47 bits per heavy atom. The van der Waals surface area contributed by atoms with E-state index in [2.05, 4.69) is 6.92 Å². The number of unbranched alkanes of at least 4 members (excludes halogenated alkanes) is 1. The van der Waals surface area contributed by atoms with E-state index in [1.165, 1.54) is 0 Å². The maximum absolute atomic E-state index is 12.4. The van der Waals surface area contributed by atoms with Crippen molar-refractivity contribution < 1.29 is 4.79 Å². The van der Waals surface area contributed by atoms with Crippen LogP contribution in [0.1, 0.15) is 41.3 Å². The minimum atomic E-state index is -0.00329. The number of nitrogens with two attached hydrogens (primary N) is 1. The van der Waals surface area contributed by atoms with E-state index in [4.69, 9.17) is 5.73 Å². The van der Waals surface area contributed by atoms with Crippen LogP contribution >= 0.6 is 0 Å². The van der Waals surface area contributed by atoms with Gasteiger partial charge in [-0.2, -0.15) is 0 Å². The van der Waals surface area contributed by atoms with Gasteiger partial charge < -0.3 is 5.73 Å². The van der Waals surface area contributed by atoms with E-state index in [0.29, 0.717) is 16.8 Å². The highest BCUT2D eigenvalue weighted by Gasteiger charge is 2.13. The van der Waals surface area contributed by atoms with Gasteiger partial charge in [-0.1, -0.05) is 55.8 Å². The second-order valence-electron chi connectivity index (χ2n) is 4.68. The van der Waals surface area contributed by atoms with Crippen LogP contribution in [0.5, 0.6) is 0 Å². The van der Waals surface area contributed by atoms with Crippen LogP contribution < -0.4 is 5.73 Å². The number of nitrogen functional groups attached to an aromatic ring is 1. The van der Waals surface area contributed by atoms with E-state index in [1.54, 1.807) is 6.07 Å². The monoisotopic (exact) mass is 253 g/mol. The Bertz CT molecular complexity index is 561. The summed E-state index contributed by atoms with van der Waals surface area (Å²) < 4.78 is 0. The van der Waals surface area contributed by atoms with Crippen molar-refractivity contribution in [2.24, 2.45) is 0 Å². The molecular weight excluding hydrogens is 234 g/mol. The van der Waals surface area contributed by atoms with Gasteiger partial charge in [-0.25, -0.2) is 0 Å². The molecule has 0 aliphatic heterocycles. The fourth-order valence-electron chi connectivity index (χ4n) is 2.14. The van der Waals surface area contributed by atoms with Crippen molar-refractivity contribution in [1.29, 1.82) is 0 Å². The molecule has 2 rings (SSSR count). The molecule has 0 amide bonds. The van der Waals surface area contributed by atoms with E-state index in [-0.39, 0.29) is 5.78 Å². The first-order valence-corrected chi connectivity index (χ1v) is 6.71. The molecule has 2 aromatic carbocycles. The predicted octanol–water partition coefficient (Wildman–Crippen LogP) is 3.84. The lowest BCUT2D eigenvalue weighted by molar-refractivity contribution is 0.103. The van der Waals surface area contributed by atoms with E-state index in [0.717, 1.165) is 24.8 Å². The van der Waals surface area contributed by atoms with Gasteiger partial charge in [-0.15, -0.1) is 0 Å². The smallest absolute Gasteiger partial charge is 0.195 e. The number of hydrogen-bond acceptors (Lipinski definition) is 2. The van der Waals surface area contributed by atoms with Crippen LogP contribution in [0.3, 0.4) is 0 Å². The van der Waals surface area contributed by atoms with Gasteiger partial charge >= 0.3 is 0 Å². The summed E-state index contributed by atoms with van der Waals surface area (Å²) in [7, 11) is 0. The molecule has 2 aromatic rings. The number of anilines is 1. The van der Waals surface area contributed by atoms with E-state index < -0.39 is 0 Å². The van der Waals surface area contributed by atoms with Crippen molar-refractivity contribution in [3.8, 4) is 0 Å². The summed E-state index contributed by atoms with van der Waals surface area (Å²) in [5, 5.41) is 0. The molecule has 0 unspecified atom stereocenters. The number of aryl methyl sites for hydroxylation is 1. The molecule has 0 fully saturated rings. The number of para-hydroxylation sites is 1. The largest absolute Gasteiger partial charge is 0.398 e. The maximum Gasteiger partial charge on any atom is 0.195 e. The van der Waals surface area contributed by atoms with Crippen LogP contribution in [0.2, 0.25) is 0 Å². The fraction of sp³-hybridized carbons (Fsp3) is 0.235. The first-order chi connectivity index (χ1) is 9.24. The molecule has 2 heteroatoms. The van der Waals surface area contributed by atoms with Crippen LogP contribution in [-0.2, 0) is 6.42 Å². The minimum absolute atomic E-state index is 0.00329. The normalized spacial score (nSPS) is 10.4. The molecule has 0 radical (unpaired) electrons. The molecule has 2 N–H and O–H groups in total. The van der Waals surface area contributed by atoms with Gasteiger partial charge in [0, 0.05) is 16.8 Å². The summed E-state index contributed by atoms with van der Waals surface area (Å²) in [6.07, 6.45) is 3.14. The van der Waals surface area contributed by atoms with Gasteiger partial charge in [0.25, 0.3) is 0 Å². The number of ketones is 1. The van der Waals surface area contributed by atoms with Crippen LogP contribution in [0, 0.1) is 0 Å². The lowest BCUT2D eigenvalue weighted by Gasteiger charge is -2.10. The zero-order chi connectivity index (χ0) is 13.7. The molecule has 0 bridgehead atoms. The first kappa shape index (κ1) is 13.3. The van der Waals surface area contributed by atoms with Gasteiger partial charge in [0.15, 0.2) is 5.78 Å². The summed E-state index contributed by atoms with van der Waals surface area (Å²) >= 11 is 0. The Hall–Kier alpha value is -2.09. The number of benzene rings is 2. The zero-order valence-electron chi connectivity index (χ0n) is 11.2. The summed E-state index contributed by atoms with van der Waals surface area (Å²) in [5.41, 5.74) is 9.14. The van der Waals surface area contributed by atoms with Gasteiger partial charge in [-0.3, -0.25) is 4.79 Å². The molecule has 98 valence electrons. The molecule has 0 aliphatic rings. The van der Waals surface area contributed by atoms with Crippen molar-refractivity contribution >= 4 is 11.5 Å². The highest BCUT2D eigenvalue weighted by Crippen LogP contribution is 2.22. The van der Waals surface area contributed by atoms with Gasteiger partial charge in [-0.05, 0) is 24.5 Å². The van der Waals surface area contributed by atoms with Crippen molar-refractivity contribution in [3.05, 3.63) is 65.2 Å². The molecule has 0 spiro atoms. The Kier molecular flexibility index (Phi) is 4.35. The number of hydrogen-bond donors (Lipinski definition) is 1. The SMILES string of the molecule is CCCCc1cccc(C(=O)c2ccccc2)c1N. The Morgan fingerprint density at radius 2 is 1.79 bits per heavy atom. The molecular formula is C17H19NO. The van der Waals surface area contributed by atoms with Gasteiger partial charge in [0.1, 0.15) is 0 Å². The Balaban J connectivity index is 2.32. The molecule has 0 atom stereocenters. The lowest BCUT2D eigenvalue weighted by atomic mass is 9.97. The molecule has 0 saturated heterocycles. The second kappa shape index (κ2) is 6.19. The van der Waals surface area contributed by atoms with Crippen molar-refractivity contribution in [3.63, 3.8) is 0 Å². The third-order valence-electron chi connectivity index (χ3n) is 3.28. The highest BCUT2D eigenvalue weighted by molar-refractivity contribution is 6.12. The van der Waals surface area contributed by atoms with E-state index in [1.807, 2.05) is 42.5 Å². The van der Waals surface area contributed by atoms with Crippen molar-refractivity contribution in [2.75, 3.05) is 5.73 Å². The predicted molar refractivity (Wildman–Crippen MR) is 79.3 cm³/mol. The number of carbonyl (C=O) groups is 1. The molecule has 0 heterocycles. The Morgan fingerprint density at radius 1 is 1.05 bits per heavy atom. The first-order valence-electron chi connectivity index (χ1n) is 6.71. The van der Waals surface area contributed by atoms with Crippen LogP contribution in [-0.4, -0.2) is 5.78 Å². The fourth-order valence-corrected chi connectivity index (χ4v) is 2.14. The molecule has 0 saturated carbocycles. The average molecular weight is 253 g/mol. The zero-order valence-corrected chi connectivity index (χ0v) is 11.2. The topological polar surface area (TPSA) is 43.1 Å². The van der Waals surface area contributed by atoms with Gasteiger partial charge in [0.05, 0.1) is 0 Å². The van der Waals surface area contributed by atoms with Crippen LogP contribution in [0.4, 0.5) is 5.69 Å². The molecule has 2 nitrogen and oxygen atoms in total. The van der Waals surface area contributed by atoms with E-state index in [9.17, 15) is 4.79 Å². The quantitative estimate of drug-likeness (QED) is 0.650. The average Bonchev–Trinajstić information content (AvgIpc) is 2.46. The standard InChI is InChI=1S/C17H19NO/c1-2-3-8-13-11-7-12-15(16(13)18)17(19)14-9-5-4-6-10-14/h4-7,9-12H,2-3,8,18H2,1H3. The summed E-state index contributed by atoms with van der Waals surface area (Å²) in [4.78, 5) is 12.4. The summed E-state index contributed by atoms with van der Waals surface area (Å²) in [5.74, 6) is -0.00329. The number of carbonyl (C=O) groups excluding carboxylic acids is 1. The van der Waals surface area contributed by atoms with Crippen molar-refractivity contribution in [2.45, 2.75) is 26.2 Å². The Labute approximate surface area is 114 Å². The second-order valence-corrected chi connectivity index (χ2v) is 4.68. The summed E-state index contributed by atoms with van der Waals surface area (Å²) in [6, 6.07) is 15.0. The molecule has 0 aliphatic carbocycles. The van der Waals surface area contributed by atoms with Crippen LogP contribution in [0.25, 0.3) is 0 Å². The third-order valence-corrected chi connectivity index (χ3v) is 3.28. The lowest BCUT2D eigenvalue weighted by Crippen LogP contribution is -2.07. The highest BCUT2D eigenvalue weighted by atomic mass is 16.1. The summed E-state index contributed by atoms with van der Waals surface area (Å²) in [6.45, 7) is 2.15. The van der Waals surface area contributed by atoms with Gasteiger partial charge in [0.2, 0.25) is 0 Å². The van der Waals surface area contributed by atoms with Crippen molar-refractivity contribution in [1.82, 2.24) is 0 Å². The third kappa shape index (κ3) is 3.02. The minimum Gasteiger partial charge on any atom is -0.398 e. The maximum atomic E-state index is 12.4.